The van der Waals surface area contributed by atoms with Gasteiger partial charge in [-0.1, -0.05) is 11.2 Å². The van der Waals surface area contributed by atoms with Crippen LogP contribution in [0.3, 0.4) is 0 Å². The number of carbonyl (C=O) groups is 1. The summed E-state index contributed by atoms with van der Waals surface area (Å²) in [7, 11) is 0. The molecule has 0 bridgehead atoms. The molecule has 4 rings (SSSR count). The molecule has 3 aromatic rings. The van der Waals surface area contributed by atoms with Crippen molar-refractivity contribution in [2.75, 3.05) is 11.9 Å². The van der Waals surface area contributed by atoms with E-state index in [0.29, 0.717) is 35.9 Å². The van der Waals surface area contributed by atoms with E-state index >= 15 is 0 Å². The Morgan fingerprint density at radius 3 is 2.74 bits per heavy atom. The topological polar surface area (TPSA) is 71.3 Å². The maximum Gasteiger partial charge on any atom is 0.322 e. The van der Waals surface area contributed by atoms with Gasteiger partial charge in [0.05, 0.1) is 0 Å². The number of hydrogen-bond acceptors (Lipinski definition) is 4. The van der Waals surface area contributed by atoms with Gasteiger partial charge in [0.1, 0.15) is 17.7 Å². The highest BCUT2D eigenvalue weighted by Gasteiger charge is 2.34. The normalized spacial score (nSPS) is 16.5. The molecule has 1 aromatic heterocycles. The number of benzene rings is 2. The van der Waals surface area contributed by atoms with Crippen molar-refractivity contribution < 1.29 is 18.1 Å². The van der Waals surface area contributed by atoms with Crippen molar-refractivity contribution in [1.29, 1.82) is 0 Å². The average molecular weight is 370 g/mol. The monoisotopic (exact) mass is 370 g/mol. The lowest BCUT2D eigenvalue weighted by Crippen LogP contribution is -2.34. The summed E-state index contributed by atoms with van der Waals surface area (Å²) >= 11 is 0. The van der Waals surface area contributed by atoms with Gasteiger partial charge in [-0.05, 0) is 55.3 Å². The first-order valence-corrected chi connectivity index (χ1v) is 8.53. The summed E-state index contributed by atoms with van der Waals surface area (Å²) in [6.45, 7) is 0.528. The third-order valence-electron chi connectivity index (χ3n) is 4.42. The predicted octanol–water partition coefficient (Wildman–Crippen LogP) is 4.38. The van der Waals surface area contributed by atoms with Gasteiger partial charge >= 0.3 is 6.03 Å². The van der Waals surface area contributed by atoms with E-state index < -0.39 is 5.82 Å². The fraction of sp³-hybridized carbons (Fsp3) is 0.211. The SMILES string of the molecule is O=C(Nc1cccc(F)c1)N1CCC[C@H]1c1nc(-c2ccc(F)cc2)no1. The fourth-order valence-corrected chi connectivity index (χ4v) is 3.11. The molecule has 0 radical (unpaired) electrons. The summed E-state index contributed by atoms with van der Waals surface area (Å²) in [6, 6.07) is 10.8. The van der Waals surface area contributed by atoms with E-state index in [2.05, 4.69) is 15.5 Å². The van der Waals surface area contributed by atoms with Crippen molar-refractivity contribution in [3.05, 3.63) is 66.1 Å². The second-order valence-electron chi connectivity index (χ2n) is 6.26. The highest BCUT2D eigenvalue weighted by Crippen LogP contribution is 2.32. The van der Waals surface area contributed by atoms with Crippen LogP contribution in [0.25, 0.3) is 11.4 Å². The molecule has 1 atom stereocenters. The number of urea groups is 1. The number of nitrogens with one attached hydrogen (secondary N) is 1. The minimum absolute atomic E-state index is 0.321. The van der Waals surface area contributed by atoms with Crippen molar-refractivity contribution in [1.82, 2.24) is 15.0 Å². The Labute approximate surface area is 153 Å². The van der Waals surface area contributed by atoms with E-state index in [-0.39, 0.29) is 17.9 Å². The van der Waals surface area contributed by atoms with Gasteiger partial charge in [0.25, 0.3) is 0 Å². The Hall–Kier alpha value is -3.29. The molecule has 1 N–H and O–H groups in total. The van der Waals surface area contributed by atoms with E-state index in [1.54, 1.807) is 23.1 Å². The van der Waals surface area contributed by atoms with Crippen LogP contribution in [-0.2, 0) is 0 Å². The van der Waals surface area contributed by atoms with Gasteiger partial charge in [-0.15, -0.1) is 0 Å². The standard InChI is InChI=1S/C19H16F2N4O2/c20-13-8-6-12(7-9-13)17-23-18(27-24-17)16-5-2-10-25(16)19(26)22-15-4-1-3-14(21)11-15/h1,3-4,6-9,11,16H,2,5,10H2,(H,22,26)/t16-/m0/s1. The number of anilines is 1. The molecule has 0 saturated carbocycles. The van der Waals surface area contributed by atoms with Crippen LogP contribution in [0, 0.1) is 11.6 Å². The molecule has 0 unspecified atom stereocenters. The van der Waals surface area contributed by atoms with Crippen LogP contribution in [0.5, 0.6) is 0 Å². The third-order valence-corrected chi connectivity index (χ3v) is 4.42. The van der Waals surface area contributed by atoms with Crippen LogP contribution in [0.1, 0.15) is 24.8 Å². The Kier molecular flexibility index (Phi) is 4.53. The molecule has 0 aliphatic carbocycles. The number of nitrogens with zero attached hydrogens (tertiary/aromatic N) is 3. The van der Waals surface area contributed by atoms with Crippen molar-refractivity contribution in [2.45, 2.75) is 18.9 Å². The minimum atomic E-state index is -0.424. The molecule has 1 aliphatic rings. The fourth-order valence-electron chi connectivity index (χ4n) is 3.11. The molecule has 1 saturated heterocycles. The first-order valence-electron chi connectivity index (χ1n) is 8.53. The Balaban J connectivity index is 1.51. The molecule has 1 fully saturated rings. The van der Waals surface area contributed by atoms with Gasteiger partial charge < -0.3 is 14.7 Å². The molecule has 2 aromatic carbocycles. The van der Waals surface area contributed by atoms with Gasteiger partial charge in [0, 0.05) is 17.8 Å². The molecule has 27 heavy (non-hydrogen) atoms. The van der Waals surface area contributed by atoms with Crippen molar-refractivity contribution >= 4 is 11.7 Å². The summed E-state index contributed by atoms with van der Waals surface area (Å²) < 4.78 is 31.7. The summed E-state index contributed by atoms with van der Waals surface area (Å²) in [5.74, 6) is -0.117. The third kappa shape index (κ3) is 3.64. The number of aromatic nitrogens is 2. The Bertz CT molecular complexity index is 958. The summed E-state index contributed by atoms with van der Waals surface area (Å²) in [5, 5.41) is 6.62. The highest BCUT2D eigenvalue weighted by atomic mass is 19.1. The molecule has 6 nitrogen and oxygen atoms in total. The molecule has 2 amide bonds. The molecular weight excluding hydrogens is 354 g/mol. The summed E-state index contributed by atoms with van der Waals surface area (Å²) in [5.41, 5.74) is 1.00. The van der Waals surface area contributed by atoms with E-state index in [4.69, 9.17) is 4.52 Å². The van der Waals surface area contributed by atoms with Gasteiger partial charge in [0.2, 0.25) is 11.7 Å². The number of likely N-dealkylation sites (tertiary alicyclic amines) is 1. The minimum Gasteiger partial charge on any atom is -0.337 e. The molecule has 8 heteroatoms. The second kappa shape index (κ2) is 7.14. The quantitative estimate of drug-likeness (QED) is 0.743. The Morgan fingerprint density at radius 2 is 1.96 bits per heavy atom. The Morgan fingerprint density at radius 1 is 1.15 bits per heavy atom. The van der Waals surface area contributed by atoms with Crippen LogP contribution in [0.15, 0.2) is 53.1 Å². The zero-order valence-corrected chi connectivity index (χ0v) is 14.2. The maximum absolute atomic E-state index is 13.3. The van der Waals surface area contributed by atoms with Crippen LogP contribution < -0.4 is 5.32 Å². The van der Waals surface area contributed by atoms with E-state index in [1.807, 2.05) is 0 Å². The lowest BCUT2D eigenvalue weighted by Gasteiger charge is -2.22. The van der Waals surface area contributed by atoms with E-state index in [9.17, 15) is 13.6 Å². The van der Waals surface area contributed by atoms with E-state index in [1.165, 1.54) is 30.3 Å². The van der Waals surface area contributed by atoms with Crippen molar-refractivity contribution in [2.24, 2.45) is 0 Å². The molecule has 2 heterocycles. The number of rotatable bonds is 3. The van der Waals surface area contributed by atoms with Crippen LogP contribution in [0.2, 0.25) is 0 Å². The first kappa shape index (κ1) is 17.1. The number of hydrogen-bond donors (Lipinski definition) is 1. The molecule has 138 valence electrons. The van der Waals surface area contributed by atoms with Gasteiger partial charge in [0.15, 0.2) is 0 Å². The summed E-state index contributed by atoms with van der Waals surface area (Å²) in [4.78, 5) is 18.5. The van der Waals surface area contributed by atoms with Crippen LogP contribution >= 0.6 is 0 Å². The second-order valence-corrected chi connectivity index (χ2v) is 6.26. The largest absolute Gasteiger partial charge is 0.337 e. The first-order chi connectivity index (χ1) is 13.1. The van der Waals surface area contributed by atoms with Crippen molar-refractivity contribution in [3.8, 4) is 11.4 Å². The molecule has 1 aliphatic heterocycles. The zero-order valence-electron chi connectivity index (χ0n) is 14.2. The van der Waals surface area contributed by atoms with Gasteiger partial charge in [-0.25, -0.2) is 13.6 Å². The van der Waals surface area contributed by atoms with E-state index in [0.717, 1.165) is 6.42 Å². The number of amides is 2. The zero-order chi connectivity index (χ0) is 18.8. The average Bonchev–Trinajstić information content (AvgIpc) is 3.31. The lowest BCUT2D eigenvalue weighted by molar-refractivity contribution is 0.193. The maximum atomic E-state index is 13.3. The smallest absolute Gasteiger partial charge is 0.322 e. The summed E-state index contributed by atoms with van der Waals surface area (Å²) in [6.07, 6.45) is 1.47. The number of carbonyl (C=O) groups excluding carboxylic acids is 1. The molecular formula is C19H16F2N4O2. The molecule has 0 spiro atoms. The van der Waals surface area contributed by atoms with Gasteiger partial charge in [-0.2, -0.15) is 4.98 Å². The lowest BCUT2D eigenvalue weighted by atomic mass is 10.2. The van der Waals surface area contributed by atoms with Crippen LogP contribution in [0.4, 0.5) is 19.3 Å². The van der Waals surface area contributed by atoms with Gasteiger partial charge in [-0.3, -0.25) is 0 Å². The predicted molar refractivity (Wildman–Crippen MR) is 93.8 cm³/mol. The van der Waals surface area contributed by atoms with Crippen LogP contribution in [-0.4, -0.2) is 27.6 Å². The highest BCUT2D eigenvalue weighted by molar-refractivity contribution is 5.89. The van der Waals surface area contributed by atoms with Crippen molar-refractivity contribution in [3.63, 3.8) is 0 Å². The number of halogens is 2.